The first-order valence-electron chi connectivity index (χ1n) is 5.78. The quantitative estimate of drug-likeness (QED) is 0.764. The lowest BCUT2D eigenvalue weighted by Crippen LogP contribution is -2.11. The molecule has 0 aliphatic heterocycles. The molecule has 0 heterocycles. The molecule has 18 heavy (non-hydrogen) atoms. The smallest absolute Gasteiger partial charge is 0.184 e. The molecule has 0 fully saturated rings. The number of Topliss-reactive ketones (excluding diaryl/α,β-unsaturated/α-hetero) is 1. The molecular weight excluding hydrogens is 222 g/mol. The molecule has 1 unspecified atom stereocenters. The molecule has 88 valence electrons. The van der Waals surface area contributed by atoms with Crippen LogP contribution >= 0.6 is 0 Å². The van der Waals surface area contributed by atoms with Gasteiger partial charge in [-0.15, -0.1) is 0 Å². The fraction of sp³-hybridized carbons (Fsp3) is 0.125. The van der Waals surface area contributed by atoms with Crippen molar-refractivity contribution in [3.05, 3.63) is 71.3 Å². The fourth-order valence-electron chi connectivity index (χ4n) is 1.90. The molecule has 2 aromatic rings. The fourth-order valence-corrected chi connectivity index (χ4v) is 1.90. The number of nitrogens with zero attached hydrogens (tertiary/aromatic N) is 1. The SMILES string of the molecule is Cc1cccc(C(=O)C(C#N)c2ccccc2)c1. The van der Waals surface area contributed by atoms with Gasteiger partial charge in [-0.2, -0.15) is 5.26 Å². The molecule has 0 N–H and O–H groups in total. The van der Waals surface area contributed by atoms with Crippen LogP contribution in [-0.2, 0) is 0 Å². The molecule has 2 heteroatoms. The predicted octanol–water partition coefficient (Wildman–Crippen LogP) is 3.49. The first-order valence-corrected chi connectivity index (χ1v) is 5.78. The van der Waals surface area contributed by atoms with Crippen molar-refractivity contribution < 1.29 is 4.79 Å². The van der Waals surface area contributed by atoms with E-state index < -0.39 is 5.92 Å². The van der Waals surface area contributed by atoms with E-state index in [1.807, 2.05) is 55.5 Å². The van der Waals surface area contributed by atoms with E-state index in [9.17, 15) is 10.1 Å². The molecule has 2 nitrogen and oxygen atoms in total. The molecule has 0 bridgehead atoms. The molecule has 0 aliphatic rings. The summed E-state index contributed by atoms with van der Waals surface area (Å²) in [5.41, 5.74) is 2.35. The maximum Gasteiger partial charge on any atom is 0.184 e. The highest BCUT2D eigenvalue weighted by atomic mass is 16.1. The van der Waals surface area contributed by atoms with Gasteiger partial charge in [0, 0.05) is 5.56 Å². The Balaban J connectivity index is 2.36. The van der Waals surface area contributed by atoms with Crippen molar-refractivity contribution in [3.63, 3.8) is 0 Å². The van der Waals surface area contributed by atoms with Crippen molar-refractivity contribution in [3.8, 4) is 6.07 Å². The van der Waals surface area contributed by atoms with Gasteiger partial charge < -0.3 is 0 Å². The Bertz CT molecular complexity index is 596. The van der Waals surface area contributed by atoms with Gasteiger partial charge >= 0.3 is 0 Å². The second kappa shape index (κ2) is 5.29. The number of carbonyl (C=O) groups excluding carboxylic acids is 1. The number of ketones is 1. The Labute approximate surface area is 107 Å². The molecule has 0 aliphatic carbocycles. The monoisotopic (exact) mass is 235 g/mol. The van der Waals surface area contributed by atoms with E-state index in [-0.39, 0.29) is 5.78 Å². The van der Waals surface area contributed by atoms with Crippen LogP contribution < -0.4 is 0 Å². The summed E-state index contributed by atoms with van der Waals surface area (Å²) in [7, 11) is 0. The number of hydrogen-bond acceptors (Lipinski definition) is 2. The van der Waals surface area contributed by atoms with Gasteiger partial charge in [0.2, 0.25) is 0 Å². The van der Waals surface area contributed by atoms with Gasteiger partial charge in [0.25, 0.3) is 0 Å². The lowest BCUT2D eigenvalue weighted by Gasteiger charge is -2.08. The van der Waals surface area contributed by atoms with Gasteiger partial charge in [-0.1, -0.05) is 54.1 Å². The van der Waals surface area contributed by atoms with Crippen molar-refractivity contribution in [2.24, 2.45) is 0 Å². The molecule has 0 aromatic heterocycles. The molecule has 0 saturated carbocycles. The molecule has 2 rings (SSSR count). The minimum absolute atomic E-state index is 0.146. The van der Waals surface area contributed by atoms with Gasteiger partial charge in [0.15, 0.2) is 5.78 Å². The molecule has 0 spiro atoms. The maximum absolute atomic E-state index is 12.3. The largest absolute Gasteiger partial charge is 0.292 e. The Morgan fingerprint density at radius 1 is 1.11 bits per heavy atom. The van der Waals surface area contributed by atoms with Crippen molar-refractivity contribution >= 4 is 5.78 Å². The van der Waals surface area contributed by atoms with E-state index >= 15 is 0 Å². The van der Waals surface area contributed by atoms with Crippen LogP contribution in [0.25, 0.3) is 0 Å². The number of carbonyl (C=O) groups is 1. The summed E-state index contributed by atoms with van der Waals surface area (Å²) in [6.45, 7) is 1.93. The van der Waals surface area contributed by atoms with Crippen LogP contribution in [-0.4, -0.2) is 5.78 Å². The summed E-state index contributed by atoms with van der Waals surface area (Å²) in [4.78, 5) is 12.3. The van der Waals surface area contributed by atoms with E-state index in [1.165, 1.54) is 0 Å². The van der Waals surface area contributed by atoms with Crippen LogP contribution in [0.2, 0.25) is 0 Å². The minimum Gasteiger partial charge on any atom is -0.292 e. The average Bonchev–Trinajstić information content (AvgIpc) is 2.41. The van der Waals surface area contributed by atoms with E-state index in [0.29, 0.717) is 5.56 Å². The van der Waals surface area contributed by atoms with Crippen LogP contribution in [0.5, 0.6) is 0 Å². The van der Waals surface area contributed by atoms with Gasteiger partial charge in [0.05, 0.1) is 6.07 Å². The highest BCUT2D eigenvalue weighted by Gasteiger charge is 2.21. The van der Waals surface area contributed by atoms with E-state index in [0.717, 1.165) is 11.1 Å². The Morgan fingerprint density at radius 2 is 1.83 bits per heavy atom. The number of hydrogen-bond donors (Lipinski definition) is 0. The molecule has 0 radical (unpaired) electrons. The summed E-state index contributed by atoms with van der Waals surface area (Å²) in [5, 5.41) is 9.21. The maximum atomic E-state index is 12.3. The third-order valence-corrected chi connectivity index (χ3v) is 2.83. The number of nitriles is 1. The minimum atomic E-state index is -0.729. The molecule has 2 aromatic carbocycles. The van der Waals surface area contributed by atoms with Crippen LogP contribution in [0, 0.1) is 18.3 Å². The average molecular weight is 235 g/mol. The van der Waals surface area contributed by atoms with Crippen molar-refractivity contribution in [1.82, 2.24) is 0 Å². The highest BCUT2D eigenvalue weighted by Crippen LogP contribution is 2.20. The standard InChI is InChI=1S/C16H13NO/c1-12-6-5-9-14(10-12)16(18)15(11-17)13-7-3-2-4-8-13/h2-10,15H,1H3. The van der Waals surface area contributed by atoms with Crippen LogP contribution in [0.1, 0.15) is 27.4 Å². The zero-order valence-corrected chi connectivity index (χ0v) is 10.1. The molecule has 1 atom stereocenters. The second-order valence-electron chi connectivity index (χ2n) is 4.21. The number of aryl methyl sites for hydroxylation is 1. The Morgan fingerprint density at radius 3 is 2.44 bits per heavy atom. The topological polar surface area (TPSA) is 40.9 Å². The third-order valence-electron chi connectivity index (χ3n) is 2.83. The van der Waals surface area contributed by atoms with E-state index in [1.54, 1.807) is 6.07 Å². The summed E-state index contributed by atoms with van der Waals surface area (Å²) in [6, 6.07) is 18.6. The lowest BCUT2D eigenvalue weighted by molar-refractivity contribution is 0.0979. The summed E-state index contributed by atoms with van der Waals surface area (Å²) in [6.07, 6.45) is 0. The van der Waals surface area contributed by atoms with Gasteiger partial charge in [-0.05, 0) is 18.6 Å². The van der Waals surface area contributed by atoms with E-state index in [2.05, 4.69) is 6.07 Å². The van der Waals surface area contributed by atoms with Crippen LogP contribution in [0.15, 0.2) is 54.6 Å². The van der Waals surface area contributed by atoms with Gasteiger partial charge in [0.1, 0.15) is 5.92 Å². The Kier molecular flexibility index (Phi) is 3.54. The van der Waals surface area contributed by atoms with Gasteiger partial charge in [-0.3, -0.25) is 4.79 Å². The van der Waals surface area contributed by atoms with Gasteiger partial charge in [-0.25, -0.2) is 0 Å². The Hall–Kier alpha value is -2.40. The highest BCUT2D eigenvalue weighted by molar-refractivity contribution is 6.02. The van der Waals surface area contributed by atoms with Crippen LogP contribution in [0.4, 0.5) is 0 Å². The second-order valence-corrected chi connectivity index (χ2v) is 4.21. The third kappa shape index (κ3) is 2.46. The number of benzene rings is 2. The van der Waals surface area contributed by atoms with Crippen molar-refractivity contribution in [2.45, 2.75) is 12.8 Å². The summed E-state index contributed by atoms with van der Waals surface area (Å²) in [5.74, 6) is -0.875. The molecule has 0 amide bonds. The predicted molar refractivity (Wildman–Crippen MR) is 70.3 cm³/mol. The normalized spacial score (nSPS) is 11.6. The lowest BCUT2D eigenvalue weighted by atomic mass is 9.91. The first-order chi connectivity index (χ1) is 8.72. The molecule has 0 saturated heterocycles. The zero-order valence-electron chi connectivity index (χ0n) is 10.1. The number of rotatable bonds is 3. The van der Waals surface area contributed by atoms with E-state index in [4.69, 9.17) is 0 Å². The molecular formula is C16H13NO. The first kappa shape index (κ1) is 12.1. The van der Waals surface area contributed by atoms with Crippen LogP contribution in [0.3, 0.4) is 0 Å². The van der Waals surface area contributed by atoms with Crippen molar-refractivity contribution in [2.75, 3.05) is 0 Å². The summed E-state index contributed by atoms with van der Waals surface area (Å²) < 4.78 is 0. The summed E-state index contributed by atoms with van der Waals surface area (Å²) >= 11 is 0. The zero-order chi connectivity index (χ0) is 13.0. The van der Waals surface area contributed by atoms with Crippen molar-refractivity contribution in [1.29, 1.82) is 5.26 Å².